The molecule has 0 aromatic heterocycles. The molecule has 0 amide bonds. The molecule has 0 bridgehead atoms. The molecule has 2 heteroatoms. The van der Waals surface area contributed by atoms with Crippen molar-refractivity contribution in [1.82, 2.24) is 5.32 Å². The number of fused-ring (bicyclic) bond motifs is 1. The highest BCUT2D eigenvalue weighted by atomic mass is 16.5. The lowest BCUT2D eigenvalue weighted by atomic mass is 9.82. The molecule has 1 saturated carbocycles. The van der Waals surface area contributed by atoms with Crippen LogP contribution in [-0.4, -0.2) is 19.2 Å². The van der Waals surface area contributed by atoms with E-state index in [1.807, 2.05) is 0 Å². The second-order valence-corrected chi connectivity index (χ2v) is 6.34. The van der Waals surface area contributed by atoms with Crippen LogP contribution in [0.25, 0.3) is 0 Å². The van der Waals surface area contributed by atoms with Crippen molar-refractivity contribution >= 4 is 0 Å². The largest absolute Gasteiger partial charge is 0.493 e. The fourth-order valence-electron chi connectivity index (χ4n) is 3.89. The first-order valence-corrected chi connectivity index (χ1v) is 8.33. The van der Waals surface area contributed by atoms with E-state index in [1.165, 1.54) is 37.7 Å². The van der Waals surface area contributed by atoms with E-state index in [0.29, 0.717) is 5.92 Å². The van der Waals surface area contributed by atoms with Gasteiger partial charge in [0, 0.05) is 18.5 Å². The first-order chi connectivity index (χ1) is 9.88. The van der Waals surface area contributed by atoms with Crippen LogP contribution in [0.3, 0.4) is 0 Å². The molecule has 1 aliphatic heterocycles. The molecule has 3 unspecified atom stereocenters. The van der Waals surface area contributed by atoms with Crippen molar-refractivity contribution in [3.05, 3.63) is 29.8 Å². The summed E-state index contributed by atoms with van der Waals surface area (Å²) in [6, 6.07) is 9.29. The van der Waals surface area contributed by atoms with E-state index in [1.54, 1.807) is 0 Å². The van der Waals surface area contributed by atoms with Gasteiger partial charge in [0.15, 0.2) is 0 Å². The van der Waals surface area contributed by atoms with Crippen LogP contribution < -0.4 is 10.1 Å². The zero-order valence-corrected chi connectivity index (χ0v) is 12.6. The molecule has 3 atom stereocenters. The number of para-hydroxylation sites is 1. The minimum Gasteiger partial charge on any atom is -0.493 e. The summed E-state index contributed by atoms with van der Waals surface area (Å²) in [6.45, 7) is 4.32. The van der Waals surface area contributed by atoms with E-state index >= 15 is 0 Å². The Balaban J connectivity index is 1.61. The van der Waals surface area contributed by atoms with Gasteiger partial charge in [-0.05, 0) is 36.8 Å². The third-order valence-corrected chi connectivity index (χ3v) is 5.14. The van der Waals surface area contributed by atoms with Crippen molar-refractivity contribution in [1.29, 1.82) is 0 Å². The molecule has 2 nitrogen and oxygen atoms in total. The molecule has 1 fully saturated rings. The summed E-state index contributed by atoms with van der Waals surface area (Å²) in [5, 5.41) is 3.88. The quantitative estimate of drug-likeness (QED) is 0.891. The standard InChI is InChI=1S/C18H27NO/c1-2-14-7-3-5-9-17(14)19-13-15-11-12-20-18-10-6-4-8-16(15)18/h4,6,8,10,14-15,17,19H,2-3,5,7,9,11-13H2,1H3. The van der Waals surface area contributed by atoms with Gasteiger partial charge in [-0.15, -0.1) is 0 Å². The Morgan fingerprint density at radius 1 is 1.15 bits per heavy atom. The smallest absolute Gasteiger partial charge is 0.122 e. The van der Waals surface area contributed by atoms with Crippen molar-refractivity contribution in [3.8, 4) is 5.75 Å². The molecule has 1 N–H and O–H groups in total. The van der Waals surface area contributed by atoms with Gasteiger partial charge in [-0.25, -0.2) is 0 Å². The van der Waals surface area contributed by atoms with Crippen LogP contribution >= 0.6 is 0 Å². The maximum absolute atomic E-state index is 5.76. The van der Waals surface area contributed by atoms with Crippen molar-refractivity contribution in [2.45, 2.75) is 57.4 Å². The minimum atomic E-state index is 0.624. The van der Waals surface area contributed by atoms with E-state index in [9.17, 15) is 0 Å². The lowest BCUT2D eigenvalue weighted by Gasteiger charge is -2.34. The summed E-state index contributed by atoms with van der Waals surface area (Å²) in [4.78, 5) is 0. The fraction of sp³-hybridized carbons (Fsp3) is 0.667. The zero-order chi connectivity index (χ0) is 13.8. The van der Waals surface area contributed by atoms with Crippen LogP contribution in [0.15, 0.2) is 24.3 Å². The Morgan fingerprint density at radius 3 is 2.90 bits per heavy atom. The van der Waals surface area contributed by atoms with Gasteiger partial charge in [0.05, 0.1) is 6.61 Å². The summed E-state index contributed by atoms with van der Waals surface area (Å²) in [6.07, 6.45) is 8.08. The van der Waals surface area contributed by atoms with Gasteiger partial charge >= 0.3 is 0 Å². The van der Waals surface area contributed by atoms with E-state index in [-0.39, 0.29) is 0 Å². The van der Waals surface area contributed by atoms with Crippen LogP contribution in [0.1, 0.15) is 56.9 Å². The Labute approximate surface area is 122 Å². The molecule has 1 heterocycles. The lowest BCUT2D eigenvalue weighted by Crippen LogP contribution is -2.40. The second kappa shape index (κ2) is 6.62. The Bertz CT molecular complexity index is 431. The summed E-state index contributed by atoms with van der Waals surface area (Å²) >= 11 is 0. The first-order valence-electron chi connectivity index (χ1n) is 8.33. The number of hydrogen-bond acceptors (Lipinski definition) is 2. The molecule has 0 spiro atoms. The Hall–Kier alpha value is -1.02. The Kier molecular flexibility index (Phi) is 4.62. The summed E-state index contributed by atoms with van der Waals surface area (Å²) < 4.78 is 5.76. The average Bonchev–Trinajstić information content (AvgIpc) is 2.53. The highest BCUT2D eigenvalue weighted by Crippen LogP contribution is 2.33. The van der Waals surface area contributed by atoms with Crippen LogP contribution in [0.2, 0.25) is 0 Å². The van der Waals surface area contributed by atoms with Gasteiger partial charge in [0.1, 0.15) is 5.75 Å². The van der Waals surface area contributed by atoms with Crippen molar-refractivity contribution in [2.75, 3.05) is 13.2 Å². The number of ether oxygens (including phenoxy) is 1. The van der Waals surface area contributed by atoms with Crippen LogP contribution in [0, 0.1) is 5.92 Å². The topological polar surface area (TPSA) is 21.3 Å². The second-order valence-electron chi connectivity index (χ2n) is 6.34. The Morgan fingerprint density at radius 2 is 2.00 bits per heavy atom. The first kappa shape index (κ1) is 13.9. The molecular weight excluding hydrogens is 246 g/mol. The average molecular weight is 273 g/mol. The number of rotatable bonds is 4. The molecular formula is C18H27NO. The van der Waals surface area contributed by atoms with Crippen LogP contribution in [0.5, 0.6) is 5.75 Å². The third-order valence-electron chi connectivity index (χ3n) is 5.14. The molecule has 20 heavy (non-hydrogen) atoms. The minimum absolute atomic E-state index is 0.624. The highest BCUT2D eigenvalue weighted by Gasteiger charge is 2.26. The molecule has 0 radical (unpaired) electrons. The zero-order valence-electron chi connectivity index (χ0n) is 12.6. The van der Waals surface area contributed by atoms with Gasteiger partial charge in [-0.1, -0.05) is 44.4 Å². The van der Waals surface area contributed by atoms with Crippen LogP contribution in [-0.2, 0) is 0 Å². The number of nitrogens with one attached hydrogen (secondary N) is 1. The van der Waals surface area contributed by atoms with E-state index < -0.39 is 0 Å². The van der Waals surface area contributed by atoms with Crippen molar-refractivity contribution in [2.24, 2.45) is 5.92 Å². The lowest BCUT2D eigenvalue weighted by molar-refractivity contribution is 0.232. The van der Waals surface area contributed by atoms with Gasteiger partial charge in [-0.2, -0.15) is 0 Å². The van der Waals surface area contributed by atoms with E-state index in [4.69, 9.17) is 4.74 Å². The highest BCUT2D eigenvalue weighted by molar-refractivity contribution is 5.37. The molecule has 2 aliphatic rings. The predicted molar refractivity (Wildman–Crippen MR) is 83.3 cm³/mol. The van der Waals surface area contributed by atoms with Crippen LogP contribution in [0.4, 0.5) is 0 Å². The van der Waals surface area contributed by atoms with E-state index in [2.05, 4.69) is 36.5 Å². The molecule has 0 saturated heterocycles. The van der Waals surface area contributed by atoms with Crippen molar-refractivity contribution < 1.29 is 4.74 Å². The number of hydrogen-bond donors (Lipinski definition) is 1. The summed E-state index contributed by atoms with van der Waals surface area (Å²) in [5.74, 6) is 2.61. The maximum Gasteiger partial charge on any atom is 0.122 e. The molecule has 1 aromatic rings. The van der Waals surface area contributed by atoms with E-state index in [0.717, 1.165) is 37.3 Å². The molecule has 3 rings (SSSR count). The van der Waals surface area contributed by atoms with Gasteiger partial charge in [-0.3, -0.25) is 0 Å². The van der Waals surface area contributed by atoms with Gasteiger partial charge < -0.3 is 10.1 Å². The number of benzene rings is 1. The normalized spacial score (nSPS) is 29.6. The molecule has 110 valence electrons. The predicted octanol–water partition coefficient (Wildman–Crippen LogP) is 4.11. The SMILES string of the molecule is CCC1CCCCC1NCC1CCOc2ccccc21. The monoisotopic (exact) mass is 273 g/mol. The summed E-state index contributed by atoms with van der Waals surface area (Å²) in [5.41, 5.74) is 1.40. The van der Waals surface area contributed by atoms with Gasteiger partial charge in [0.2, 0.25) is 0 Å². The van der Waals surface area contributed by atoms with Gasteiger partial charge in [0.25, 0.3) is 0 Å². The van der Waals surface area contributed by atoms with Crippen molar-refractivity contribution in [3.63, 3.8) is 0 Å². The molecule has 1 aliphatic carbocycles. The summed E-state index contributed by atoms with van der Waals surface area (Å²) in [7, 11) is 0. The maximum atomic E-state index is 5.76. The fourth-order valence-corrected chi connectivity index (χ4v) is 3.89. The molecule has 1 aromatic carbocycles. The third kappa shape index (κ3) is 3.01.